The van der Waals surface area contributed by atoms with Crippen LogP contribution < -0.4 is 0 Å². The molecule has 114 valence electrons. The molecule has 0 spiro atoms. The lowest BCUT2D eigenvalue weighted by atomic mass is 10.2. The molecule has 0 aliphatic carbocycles. The quantitative estimate of drug-likeness (QED) is 0.348. The maximum absolute atomic E-state index is 11.9. The SMILES string of the molecule is C=CCN(/C=N/OCc1ccccc1)C(=O)OC(C)(C)C. The van der Waals surface area contributed by atoms with Crippen molar-refractivity contribution in [1.29, 1.82) is 0 Å². The fraction of sp³-hybridized carbons (Fsp3) is 0.375. The number of amides is 1. The Morgan fingerprint density at radius 2 is 2.00 bits per heavy atom. The van der Waals surface area contributed by atoms with E-state index in [0.29, 0.717) is 13.2 Å². The normalized spacial score (nSPS) is 11.2. The summed E-state index contributed by atoms with van der Waals surface area (Å²) in [7, 11) is 0. The topological polar surface area (TPSA) is 51.1 Å². The van der Waals surface area contributed by atoms with Crippen molar-refractivity contribution in [3.8, 4) is 0 Å². The molecule has 1 amide bonds. The van der Waals surface area contributed by atoms with Crippen LogP contribution in [0.2, 0.25) is 0 Å². The molecule has 0 atom stereocenters. The van der Waals surface area contributed by atoms with Gasteiger partial charge in [0.1, 0.15) is 18.5 Å². The standard InChI is InChI=1S/C16H22N2O3/c1-5-11-18(15(19)21-16(2,3)4)13-17-20-12-14-9-7-6-8-10-14/h5-10,13H,1,11-12H2,2-4H3/b17-13+. The Balaban J connectivity index is 2.51. The van der Waals surface area contributed by atoms with Crippen LogP contribution in [0.15, 0.2) is 48.1 Å². The Morgan fingerprint density at radius 1 is 1.33 bits per heavy atom. The number of rotatable bonds is 6. The zero-order valence-corrected chi connectivity index (χ0v) is 12.8. The molecule has 1 aromatic carbocycles. The van der Waals surface area contributed by atoms with Crippen LogP contribution in [-0.2, 0) is 16.2 Å². The second-order valence-electron chi connectivity index (χ2n) is 5.40. The van der Waals surface area contributed by atoms with Gasteiger partial charge in [-0.05, 0) is 26.3 Å². The molecule has 5 nitrogen and oxygen atoms in total. The summed E-state index contributed by atoms with van der Waals surface area (Å²) in [5.41, 5.74) is 0.442. The predicted octanol–water partition coefficient (Wildman–Crippen LogP) is 3.57. The summed E-state index contributed by atoms with van der Waals surface area (Å²) in [6.07, 6.45) is 2.40. The Kier molecular flexibility index (Phi) is 6.46. The smallest absolute Gasteiger partial charge is 0.415 e. The molecule has 1 aromatic rings. The number of hydrogen-bond donors (Lipinski definition) is 0. The van der Waals surface area contributed by atoms with Crippen LogP contribution in [0.5, 0.6) is 0 Å². The van der Waals surface area contributed by atoms with Gasteiger partial charge < -0.3 is 9.57 Å². The zero-order chi connectivity index (χ0) is 15.7. The molecule has 21 heavy (non-hydrogen) atoms. The molecular weight excluding hydrogens is 268 g/mol. The molecule has 0 aliphatic rings. The van der Waals surface area contributed by atoms with Gasteiger partial charge in [-0.2, -0.15) is 0 Å². The molecule has 0 saturated carbocycles. The Bertz CT molecular complexity index is 478. The maximum atomic E-state index is 11.9. The molecule has 0 aromatic heterocycles. The molecule has 5 heteroatoms. The third-order valence-electron chi connectivity index (χ3n) is 2.29. The molecule has 0 heterocycles. The Labute approximate surface area is 125 Å². The highest BCUT2D eigenvalue weighted by molar-refractivity contribution is 5.82. The number of nitrogens with zero attached hydrogens (tertiary/aromatic N) is 2. The van der Waals surface area contributed by atoms with E-state index in [1.54, 1.807) is 26.8 Å². The van der Waals surface area contributed by atoms with Gasteiger partial charge in [-0.1, -0.05) is 41.6 Å². The summed E-state index contributed by atoms with van der Waals surface area (Å²) >= 11 is 0. The lowest BCUT2D eigenvalue weighted by molar-refractivity contribution is 0.0380. The third kappa shape index (κ3) is 7.15. The predicted molar refractivity (Wildman–Crippen MR) is 82.9 cm³/mol. The number of carbonyl (C=O) groups is 1. The van der Waals surface area contributed by atoms with E-state index in [0.717, 1.165) is 5.56 Å². The molecule has 1 rings (SSSR count). The van der Waals surface area contributed by atoms with Crippen molar-refractivity contribution in [3.63, 3.8) is 0 Å². The first-order valence-electron chi connectivity index (χ1n) is 6.72. The molecule has 0 unspecified atom stereocenters. The average Bonchev–Trinajstić information content (AvgIpc) is 2.41. The van der Waals surface area contributed by atoms with E-state index >= 15 is 0 Å². The number of hydrogen-bond acceptors (Lipinski definition) is 4. The van der Waals surface area contributed by atoms with Crippen LogP contribution >= 0.6 is 0 Å². The van der Waals surface area contributed by atoms with Crippen LogP contribution in [0.4, 0.5) is 4.79 Å². The van der Waals surface area contributed by atoms with Gasteiger partial charge in [0.15, 0.2) is 0 Å². The fourth-order valence-corrected chi connectivity index (χ4v) is 1.40. The van der Waals surface area contributed by atoms with Gasteiger partial charge in [0, 0.05) is 6.54 Å². The molecule has 0 bridgehead atoms. The van der Waals surface area contributed by atoms with Gasteiger partial charge in [-0.15, -0.1) is 6.58 Å². The van der Waals surface area contributed by atoms with Crippen LogP contribution in [0, 0.1) is 0 Å². The van der Waals surface area contributed by atoms with E-state index in [4.69, 9.17) is 9.57 Å². The average molecular weight is 290 g/mol. The second kappa shape index (κ2) is 8.09. The molecule has 0 N–H and O–H groups in total. The highest BCUT2D eigenvalue weighted by Gasteiger charge is 2.20. The number of benzene rings is 1. The van der Waals surface area contributed by atoms with Gasteiger partial charge in [0.2, 0.25) is 0 Å². The van der Waals surface area contributed by atoms with Crippen molar-refractivity contribution in [1.82, 2.24) is 4.90 Å². The minimum Gasteiger partial charge on any atom is -0.443 e. The Morgan fingerprint density at radius 3 is 2.57 bits per heavy atom. The zero-order valence-electron chi connectivity index (χ0n) is 12.8. The third-order valence-corrected chi connectivity index (χ3v) is 2.29. The number of oxime groups is 1. The molecular formula is C16H22N2O3. The van der Waals surface area contributed by atoms with E-state index in [9.17, 15) is 4.79 Å². The second-order valence-corrected chi connectivity index (χ2v) is 5.40. The molecule has 0 fully saturated rings. The van der Waals surface area contributed by atoms with Crippen molar-refractivity contribution in [2.45, 2.75) is 33.0 Å². The molecule has 0 aliphatic heterocycles. The lowest BCUT2D eigenvalue weighted by Gasteiger charge is -2.23. The van der Waals surface area contributed by atoms with Crippen molar-refractivity contribution in [2.24, 2.45) is 5.16 Å². The van der Waals surface area contributed by atoms with Gasteiger partial charge in [-0.3, -0.25) is 4.90 Å². The monoisotopic (exact) mass is 290 g/mol. The molecule has 0 radical (unpaired) electrons. The molecule has 0 saturated heterocycles. The van der Waals surface area contributed by atoms with Crippen LogP contribution in [-0.4, -0.2) is 29.5 Å². The van der Waals surface area contributed by atoms with Gasteiger partial charge in [-0.25, -0.2) is 4.79 Å². The highest BCUT2D eigenvalue weighted by atomic mass is 16.6. The minimum atomic E-state index is -0.560. The summed E-state index contributed by atoms with van der Waals surface area (Å²) in [6, 6.07) is 9.65. The summed E-state index contributed by atoms with van der Waals surface area (Å²) < 4.78 is 5.26. The van der Waals surface area contributed by atoms with Crippen LogP contribution in [0.25, 0.3) is 0 Å². The van der Waals surface area contributed by atoms with Crippen LogP contribution in [0.3, 0.4) is 0 Å². The summed E-state index contributed by atoms with van der Waals surface area (Å²) in [5.74, 6) is 0. The van der Waals surface area contributed by atoms with Crippen molar-refractivity contribution < 1.29 is 14.4 Å². The maximum Gasteiger partial charge on any atom is 0.415 e. The summed E-state index contributed by atoms with van der Waals surface area (Å²) in [5, 5.41) is 3.79. The fourth-order valence-electron chi connectivity index (χ4n) is 1.40. The minimum absolute atomic E-state index is 0.299. The first-order chi connectivity index (χ1) is 9.92. The van der Waals surface area contributed by atoms with Crippen molar-refractivity contribution in [2.75, 3.05) is 6.54 Å². The van der Waals surface area contributed by atoms with E-state index < -0.39 is 11.7 Å². The largest absolute Gasteiger partial charge is 0.443 e. The Hall–Kier alpha value is -2.30. The van der Waals surface area contributed by atoms with Crippen LogP contribution in [0.1, 0.15) is 26.3 Å². The van der Waals surface area contributed by atoms with E-state index in [1.807, 2.05) is 30.3 Å². The van der Waals surface area contributed by atoms with E-state index in [2.05, 4.69) is 11.7 Å². The first-order valence-corrected chi connectivity index (χ1v) is 6.72. The summed E-state index contributed by atoms with van der Waals surface area (Å²) in [6.45, 7) is 9.66. The highest BCUT2D eigenvalue weighted by Crippen LogP contribution is 2.09. The van der Waals surface area contributed by atoms with Gasteiger partial charge in [0.05, 0.1) is 0 Å². The van der Waals surface area contributed by atoms with Gasteiger partial charge in [0.25, 0.3) is 0 Å². The van der Waals surface area contributed by atoms with Crippen molar-refractivity contribution in [3.05, 3.63) is 48.6 Å². The van der Waals surface area contributed by atoms with Gasteiger partial charge >= 0.3 is 6.09 Å². The number of carbonyl (C=O) groups excluding carboxylic acids is 1. The lowest BCUT2D eigenvalue weighted by Crippen LogP contribution is -2.36. The number of ether oxygens (including phenoxy) is 1. The van der Waals surface area contributed by atoms with E-state index in [1.165, 1.54) is 11.2 Å². The van der Waals surface area contributed by atoms with E-state index in [-0.39, 0.29) is 0 Å². The first kappa shape index (κ1) is 16.8. The summed E-state index contributed by atoms with van der Waals surface area (Å²) in [4.78, 5) is 18.4. The van der Waals surface area contributed by atoms with Crippen molar-refractivity contribution >= 4 is 12.4 Å².